The molecule has 1 aromatic heterocycles. The van der Waals surface area contributed by atoms with Crippen LogP contribution in [0.1, 0.15) is 32.9 Å². The van der Waals surface area contributed by atoms with Gasteiger partial charge in [0.2, 0.25) is 5.91 Å². The molecule has 1 aliphatic heterocycles. The summed E-state index contributed by atoms with van der Waals surface area (Å²) in [5.74, 6) is -0.603. The maximum absolute atomic E-state index is 13.1. The van der Waals surface area contributed by atoms with E-state index in [1.54, 1.807) is 12.4 Å². The molecule has 1 atom stereocenters. The van der Waals surface area contributed by atoms with Crippen LogP contribution in [0.4, 0.5) is 13.2 Å². The second kappa shape index (κ2) is 7.06. The van der Waals surface area contributed by atoms with Gasteiger partial charge in [-0.15, -0.1) is 11.3 Å². The summed E-state index contributed by atoms with van der Waals surface area (Å²) >= 11 is 1.20. The van der Waals surface area contributed by atoms with Gasteiger partial charge in [-0.25, -0.2) is 4.98 Å². The molecule has 26 heavy (non-hydrogen) atoms. The Labute approximate surface area is 151 Å². The lowest BCUT2D eigenvalue weighted by Crippen LogP contribution is -2.37. The zero-order chi connectivity index (χ0) is 18.9. The van der Waals surface area contributed by atoms with E-state index < -0.39 is 17.8 Å². The third kappa shape index (κ3) is 3.87. The van der Waals surface area contributed by atoms with E-state index in [0.29, 0.717) is 10.6 Å². The number of aromatic nitrogens is 1. The summed E-state index contributed by atoms with van der Waals surface area (Å²) in [6.07, 6.45) is -4.41. The van der Waals surface area contributed by atoms with Crippen molar-refractivity contribution in [1.29, 1.82) is 0 Å². The molecule has 0 aliphatic carbocycles. The Hall–Kier alpha value is -2.42. The van der Waals surface area contributed by atoms with Crippen LogP contribution in [0.25, 0.3) is 0 Å². The minimum atomic E-state index is -4.48. The largest absolute Gasteiger partial charge is 0.416 e. The first-order valence-electron chi connectivity index (χ1n) is 7.89. The van der Waals surface area contributed by atoms with Crippen molar-refractivity contribution in [2.45, 2.75) is 32.1 Å². The molecule has 2 heterocycles. The Bertz CT molecular complexity index is 835. The van der Waals surface area contributed by atoms with E-state index in [-0.39, 0.29) is 36.9 Å². The molecule has 0 bridgehead atoms. The Morgan fingerprint density at radius 2 is 2.12 bits per heavy atom. The Morgan fingerprint density at radius 1 is 1.38 bits per heavy atom. The van der Waals surface area contributed by atoms with Crippen molar-refractivity contribution in [2.24, 2.45) is 0 Å². The van der Waals surface area contributed by atoms with Gasteiger partial charge in [-0.2, -0.15) is 13.2 Å². The van der Waals surface area contributed by atoms with Crippen molar-refractivity contribution < 1.29 is 22.8 Å². The van der Waals surface area contributed by atoms with Crippen molar-refractivity contribution in [1.82, 2.24) is 15.2 Å². The van der Waals surface area contributed by atoms with Crippen LogP contribution in [-0.2, 0) is 17.5 Å². The maximum Gasteiger partial charge on any atom is 0.416 e. The normalized spacial score (nSPS) is 17.6. The average molecular weight is 383 g/mol. The average Bonchev–Trinajstić information content (AvgIpc) is 3.13. The van der Waals surface area contributed by atoms with E-state index in [0.717, 1.165) is 6.07 Å². The molecule has 0 radical (unpaired) electrons. The van der Waals surface area contributed by atoms with Crippen LogP contribution >= 0.6 is 11.3 Å². The smallest absolute Gasteiger partial charge is 0.346 e. The number of nitrogens with zero attached hydrogens (tertiary/aromatic N) is 2. The van der Waals surface area contributed by atoms with Gasteiger partial charge in [-0.05, 0) is 18.6 Å². The number of halogens is 3. The number of benzene rings is 1. The number of amides is 2. The third-order valence-electron chi connectivity index (χ3n) is 4.19. The number of carbonyl (C=O) groups excluding carboxylic acids is 2. The summed E-state index contributed by atoms with van der Waals surface area (Å²) in [5.41, 5.74) is 1.46. The second-order valence-corrected chi connectivity index (χ2v) is 6.93. The van der Waals surface area contributed by atoms with E-state index in [1.165, 1.54) is 34.4 Å². The molecule has 0 saturated carbocycles. The summed E-state index contributed by atoms with van der Waals surface area (Å²) in [5, 5.41) is 2.76. The Kier molecular flexibility index (Phi) is 4.99. The van der Waals surface area contributed by atoms with Crippen LogP contribution in [-0.4, -0.2) is 34.3 Å². The van der Waals surface area contributed by atoms with E-state index >= 15 is 0 Å². The minimum absolute atomic E-state index is 0.0404. The molecule has 3 rings (SSSR count). The van der Waals surface area contributed by atoms with E-state index in [2.05, 4.69) is 10.3 Å². The molecule has 0 unspecified atom stereocenters. The van der Waals surface area contributed by atoms with Crippen molar-refractivity contribution >= 4 is 23.2 Å². The van der Waals surface area contributed by atoms with Crippen LogP contribution in [0.3, 0.4) is 0 Å². The molecule has 138 valence electrons. The molecule has 2 amide bonds. The van der Waals surface area contributed by atoms with Gasteiger partial charge < -0.3 is 10.2 Å². The second-order valence-electron chi connectivity index (χ2n) is 6.07. The summed E-state index contributed by atoms with van der Waals surface area (Å²) in [6.45, 7) is 1.75. The van der Waals surface area contributed by atoms with E-state index in [4.69, 9.17) is 0 Å². The minimum Gasteiger partial charge on any atom is -0.346 e. The van der Waals surface area contributed by atoms with Crippen LogP contribution in [0.5, 0.6) is 0 Å². The topological polar surface area (TPSA) is 62.3 Å². The first-order valence-corrected chi connectivity index (χ1v) is 8.77. The SMILES string of the molecule is Cc1ncsc1C(=O)N[C@H]1CC(=O)N(Cc2ccccc2C(F)(F)F)C1. The highest BCUT2D eigenvalue weighted by molar-refractivity contribution is 7.11. The molecule has 1 aliphatic rings. The Morgan fingerprint density at radius 3 is 2.77 bits per heavy atom. The van der Waals surface area contributed by atoms with Crippen LogP contribution in [0.15, 0.2) is 29.8 Å². The van der Waals surface area contributed by atoms with Gasteiger partial charge in [0.15, 0.2) is 0 Å². The summed E-state index contributed by atoms with van der Waals surface area (Å²) < 4.78 is 39.3. The predicted octanol–water partition coefficient (Wildman–Crippen LogP) is 3.00. The first-order chi connectivity index (χ1) is 12.3. The summed E-state index contributed by atoms with van der Waals surface area (Å²) in [6, 6.07) is 4.76. The number of carbonyl (C=O) groups is 2. The van der Waals surface area contributed by atoms with Crippen molar-refractivity contribution in [3.8, 4) is 0 Å². The summed E-state index contributed by atoms with van der Waals surface area (Å²) in [4.78, 5) is 30.2. The lowest BCUT2D eigenvalue weighted by Gasteiger charge is -2.20. The molecule has 1 aromatic carbocycles. The summed E-state index contributed by atoms with van der Waals surface area (Å²) in [7, 11) is 0. The fourth-order valence-electron chi connectivity index (χ4n) is 2.93. The predicted molar refractivity (Wildman–Crippen MR) is 89.6 cm³/mol. The fourth-order valence-corrected chi connectivity index (χ4v) is 3.64. The number of aryl methyl sites for hydroxylation is 1. The van der Waals surface area contributed by atoms with Gasteiger partial charge in [0.1, 0.15) is 4.88 Å². The molecule has 1 N–H and O–H groups in total. The highest BCUT2D eigenvalue weighted by Gasteiger charge is 2.36. The van der Waals surface area contributed by atoms with E-state index in [9.17, 15) is 22.8 Å². The van der Waals surface area contributed by atoms with Gasteiger partial charge in [0.05, 0.1) is 22.8 Å². The number of nitrogens with one attached hydrogen (secondary N) is 1. The molecule has 1 saturated heterocycles. The number of hydrogen-bond acceptors (Lipinski definition) is 4. The number of rotatable bonds is 4. The van der Waals surface area contributed by atoms with Crippen molar-refractivity contribution in [2.75, 3.05) is 6.54 Å². The molecule has 1 fully saturated rings. The highest BCUT2D eigenvalue weighted by atomic mass is 32.1. The quantitative estimate of drug-likeness (QED) is 0.883. The van der Waals surface area contributed by atoms with Gasteiger partial charge >= 0.3 is 6.18 Å². The molecule has 9 heteroatoms. The maximum atomic E-state index is 13.1. The van der Waals surface area contributed by atoms with Crippen molar-refractivity contribution in [3.05, 3.63) is 51.5 Å². The third-order valence-corrected chi connectivity index (χ3v) is 5.11. The van der Waals surface area contributed by atoms with Gasteiger partial charge in [-0.1, -0.05) is 18.2 Å². The number of alkyl halides is 3. The zero-order valence-electron chi connectivity index (χ0n) is 13.8. The molecular formula is C17H16F3N3O2S. The standard InChI is InChI=1S/C17H16F3N3O2S/c1-10-15(26-9-21-10)16(25)22-12-6-14(24)23(8-12)7-11-4-2-3-5-13(11)17(18,19)20/h2-5,9,12H,6-8H2,1H3,(H,22,25)/t12-/m0/s1. The van der Waals surface area contributed by atoms with E-state index in [1.807, 2.05) is 0 Å². The van der Waals surface area contributed by atoms with Crippen LogP contribution in [0.2, 0.25) is 0 Å². The zero-order valence-corrected chi connectivity index (χ0v) is 14.7. The number of hydrogen-bond donors (Lipinski definition) is 1. The highest BCUT2D eigenvalue weighted by Crippen LogP contribution is 2.33. The lowest BCUT2D eigenvalue weighted by molar-refractivity contribution is -0.139. The fraction of sp³-hybridized carbons (Fsp3) is 0.353. The van der Waals surface area contributed by atoms with Gasteiger partial charge in [0, 0.05) is 19.5 Å². The van der Waals surface area contributed by atoms with Gasteiger partial charge in [-0.3, -0.25) is 9.59 Å². The molecule has 2 aromatic rings. The van der Waals surface area contributed by atoms with Crippen LogP contribution < -0.4 is 5.32 Å². The van der Waals surface area contributed by atoms with Crippen LogP contribution in [0, 0.1) is 6.92 Å². The van der Waals surface area contributed by atoms with Gasteiger partial charge in [0.25, 0.3) is 5.91 Å². The lowest BCUT2D eigenvalue weighted by atomic mass is 10.1. The first kappa shape index (κ1) is 18.4. The number of likely N-dealkylation sites (tertiary alicyclic amines) is 1. The Balaban J connectivity index is 1.68. The monoisotopic (exact) mass is 383 g/mol. The molecular weight excluding hydrogens is 367 g/mol. The van der Waals surface area contributed by atoms with Crippen molar-refractivity contribution in [3.63, 3.8) is 0 Å². The molecule has 5 nitrogen and oxygen atoms in total. The number of thiazole rings is 1. The molecule has 0 spiro atoms.